The van der Waals surface area contributed by atoms with Crippen LogP contribution >= 0.6 is 11.6 Å². The van der Waals surface area contributed by atoms with Gasteiger partial charge < -0.3 is 14.5 Å². The molecule has 4 aromatic rings. The van der Waals surface area contributed by atoms with Gasteiger partial charge in [-0.05, 0) is 60.9 Å². The minimum absolute atomic E-state index is 0.0725. The summed E-state index contributed by atoms with van der Waals surface area (Å²) in [7, 11) is 0. The number of benzene rings is 3. The second-order valence-electron chi connectivity index (χ2n) is 8.22. The van der Waals surface area contributed by atoms with Gasteiger partial charge in [-0.15, -0.1) is 0 Å². The van der Waals surface area contributed by atoms with Gasteiger partial charge in [-0.25, -0.2) is 0 Å². The largest absolute Gasteiger partial charge is 0.456 e. The Hall–Kier alpha value is -2.75. The molecule has 3 heterocycles. The molecule has 2 aliphatic rings. The summed E-state index contributed by atoms with van der Waals surface area (Å²) in [5.41, 5.74) is 5.56. The van der Waals surface area contributed by atoms with Gasteiger partial charge in [0.1, 0.15) is 11.3 Å². The Labute approximate surface area is 180 Å². The number of hydrogen-bond donors (Lipinski definition) is 1. The molecule has 0 saturated carbocycles. The van der Waals surface area contributed by atoms with Crippen molar-refractivity contribution in [1.82, 2.24) is 0 Å². The van der Waals surface area contributed by atoms with Gasteiger partial charge in [0.15, 0.2) is 0 Å². The Bertz CT molecular complexity index is 1200. The summed E-state index contributed by atoms with van der Waals surface area (Å²) >= 11 is 6.29. The first kappa shape index (κ1) is 18.1. The third-order valence-corrected chi connectivity index (χ3v) is 6.62. The van der Waals surface area contributed by atoms with Gasteiger partial charge >= 0.3 is 0 Å². The number of nitrogens with one attached hydrogen (secondary N) is 1. The number of rotatable bonds is 2. The molecule has 0 bridgehead atoms. The van der Waals surface area contributed by atoms with E-state index in [-0.39, 0.29) is 12.1 Å². The van der Waals surface area contributed by atoms with Crippen LogP contribution in [0.15, 0.2) is 77.2 Å². The van der Waals surface area contributed by atoms with Crippen LogP contribution < -0.4 is 5.32 Å². The molecule has 1 N–H and O–H groups in total. The van der Waals surface area contributed by atoms with E-state index in [1.54, 1.807) is 0 Å². The van der Waals surface area contributed by atoms with Crippen molar-refractivity contribution in [3.63, 3.8) is 0 Å². The Kier molecular flexibility index (Phi) is 4.33. The molecule has 3 atom stereocenters. The van der Waals surface area contributed by atoms with Crippen molar-refractivity contribution in [2.75, 3.05) is 11.9 Å². The zero-order valence-electron chi connectivity index (χ0n) is 16.5. The van der Waals surface area contributed by atoms with Crippen LogP contribution in [0.5, 0.6) is 0 Å². The van der Waals surface area contributed by atoms with Gasteiger partial charge in [0, 0.05) is 39.7 Å². The predicted molar refractivity (Wildman–Crippen MR) is 121 cm³/mol. The van der Waals surface area contributed by atoms with Crippen molar-refractivity contribution in [2.45, 2.75) is 25.0 Å². The molecular weight excluding hydrogens is 394 g/mol. The van der Waals surface area contributed by atoms with Crippen LogP contribution in [-0.4, -0.2) is 6.61 Å². The van der Waals surface area contributed by atoms with Crippen LogP contribution in [0.25, 0.3) is 22.3 Å². The highest BCUT2D eigenvalue weighted by molar-refractivity contribution is 6.30. The van der Waals surface area contributed by atoms with E-state index in [4.69, 9.17) is 20.8 Å². The fraction of sp³-hybridized carbons (Fsp3) is 0.231. The summed E-state index contributed by atoms with van der Waals surface area (Å²) in [6.07, 6.45) is 2.28. The van der Waals surface area contributed by atoms with E-state index >= 15 is 0 Å². The topological polar surface area (TPSA) is 34.4 Å². The smallest absolute Gasteiger partial charge is 0.135 e. The molecule has 1 unspecified atom stereocenters. The summed E-state index contributed by atoms with van der Waals surface area (Å²) < 4.78 is 12.4. The molecule has 2 aliphatic heterocycles. The number of para-hydroxylation sites is 1. The maximum Gasteiger partial charge on any atom is 0.135 e. The average Bonchev–Trinajstić information content (AvgIpc) is 3.22. The summed E-state index contributed by atoms with van der Waals surface area (Å²) in [5, 5.41) is 5.67. The molecule has 3 nitrogen and oxygen atoms in total. The second-order valence-corrected chi connectivity index (χ2v) is 8.66. The third-order valence-electron chi connectivity index (χ3n) is 6.38. The first-order chi connectivity index (χ1) is 14.8. The average molecular weight is 416 g/mol. The van der Waals surface area contributed by atoms with Crippen molar-refractivity contribution in [2.24, 2.45) is 5.92 Å². The zero-order chi connectivity index (χ0) is 20.1. The number of furan rings is 1. The number of ether oxygens (including phenoxy) is 1. The van der Waals surface area contributed by atoms with Crippen LogP contribution in [0, 0.1) is 5.92 Å². The maximum atomic E-state index is 6.34. The van der Waals surface area contributed by atoms with Crippen LogP contribution in [0.1, 0.15) is 36.1 Å². The molecule has 0 spiro atoms. The van der Waals surface area contributed by atoms with Gasteiger partial charge in [-0.2, -0.15) is 0 Å². The van der Waals surface area contributed by atoms with E-state index in [0.29, 0.717) is 5.92 Å². The van der Waals surface area contributed by atoms with Crippen molar-refractivity contribution < 1.29 is 9.15 Å². The monoisotopic (exact) mass is 415 g/mol. The predicted octanol–water partition coefficient (Wildman–Crippen LogP) is 7.39. The van der Waals surface area contributed by atoms with Crippen LogP contribution in [0.3, 0.4) is 0 Å². The van der Waals surface area contributed by atoms with E-state index in [1.165, 1.54) is 11.1 Å². The zero-order valence-corrected chi connectivity index (χ0v) is 17.2. The lowest BCUT2D eigenvalue weighted by atomic mass is 9.77. The highest BCUT2D eigenvalue weighted by atomic mass is 35.5. The number of anilines is 1. The first-order valence-corrected chi connectivity index (χ1v) is 10.9. The third kappa shape index (κ3) is 3.01. The minimum atomic E-state index is 0.0725. The summed E-state index contributed by atoms with van der Waals surface area (Å²) in [5.74, 6) is 1.26. The van der Waals surface area contributed by atoms with Gasteiger partial charge in [-0.3, -0.25) is 0 Å². The minimum Gasteiger partial charge on any atom is -0.456 e. The fourth-order valence-corrected chi connectivity index (χ4v) is 5.18. The molecule has 1 fully saturated rings. The standard InChI is InChI=1S/C26H22ClNO2/c27-19-7-3-6-18(13-19)25-20-8-4-12-29-26(20)21-14-17(10-11-22(21)28-25)24-15-16-5-1-2-9-23(16)30-24/h1-3,5-7,9-11,13-15,20,25-26,28H,4,8,12H2/t20-,25+,26?/m0/s1. The Morgan fingerprint density at radius 3 is 2.77 bits per heavy atom. The van der Waals surface area contributed by atoms with Gasteiger partial charge in [-0.1, -0.05) is 41.9 Å². The van der Waals surface area contributed by atoms with Crippen molar-refractivity contribution >= 4 is 28.3 Å². The second kappa shape index (κ2) is 7.19. The maximum absolute atomic E-state index is 6.34. The van der Waals surface area contributed by atoms with Crippen LogP contribution in [-0.2, 0) is 4.74 Å². The molecule has 0 aliphatic carbocycles. The van der Waals surface area contributed by atoms with E-state index < -0.39 is 0 Å². The van der Waals surface area contributed by atoms with E-state index in [2.05, 4.69) is 47.8 Å². The molecule has 0 radical (unpaired) electrons. The highest BCUT2D eigenvalue weighted by Gasteiger charge is 2.40. The van der Waals surface area contributed by atoms with Crippen molar-refractivity contribution in [3.8, 4) is 11.3 Å². The van der Waals surface area contributed by atoms with Crippen molar-refractivity contribution in [1.29, 1.82) is 0 Å². The molecule has 0 amide bonds. The summed E-state index contributed by atoms with van der Waals surface area (Å²) in [4.78, 5) is 0. The quantitative estimate of drug-likeness (QED) is 0.370. The van der Waals surface area contributed by atoms with Crippen LogP contribution in [0.4, 0.5) is 5.69 Å². The molecule has 6 rings (SSSR count). The lowest BCUT2D eigenvalue weighted by molar-refractivity contribution is -0.0381. The van der Waals surface area contributed by atoms with Gasteiger partial charge in [0.05, 0.1) is 12.1 Å². The Morgan fingerprint density at radius 2 is 1.87 bits per heavy atom. The lowest BCUT2D eigenvalue weighted by Crippen LogP contribution is -2.36. The summed E-state index contributed by atoms with van der Waals surface area (Å²) in [6, 6.07) is 25.1. The molecular formula is C26H22ClNO2. The van der Waals surface area contributed by atoms with Crippen molar-refractivity contribution in [3.05, 3.63) is 88.9 Å². The molecule has 1 saturated heterocycles. The number of hydrogen-bond acceptors (Lipinski definition) is 3. The molecule has 1 aromatic heterocycles. The van der Waals surface area contributed by atoms with Gasteiger partial charge in [0.25, 0.3) is 0 Å². The molecule has 3 aromatic carbocycles. The normalized spacial score (nSPS) is 22.9. The lowest BCUT2D eigenvalue weighted by Gasteiger charge is -2.43. The SMILES string of the molecule is Clc1cccc([C@H]2Nc3ccc(-c4cc5ccccc5o4)cc3C3OCCC[C@H]32)c1. The number of halogens is 1. The first-order valence-electron chi connectivity index (χ1n) is 10.5. The van der Waals surface area contributed by atoms with Gasteiger partial charge in [0.2, 0.25) is 0 Å². The Morgan fingerprint density at radius 1 is 0.933 bits per heavy atom. The fourth-order valence-electron chi connectivity index (χ4n) is 4.98. The van der Waals surface area contributed by atoms with E-state index in [0.717, 1.165) is 52.5 Å². The molecule has 30 heavy (non-hydrogen) atoms. The van der Waals surface area contributed by atoms with Crippen LogP contribution in [0.2, 0.25) is 5.02 Å². The Balaban J connectivity index is 1.42. The highest BCUT2D eigenvalue weighted by Crippen LogP contribution is 2.50. The molecule has 4 heteroatoms. The van der Waals surface area contributed by atoms with E-state index in [9.17, 15) is 0 Å². The van der Waals surface area contributed by atoms with E-state index in [1.807, 2.05) is 30.3 Å². The number of fused-ring (bicyclic) bond motifs is 4. The molecule has 150 valence electrons. The summed E-state index contributed by atoms with van der Waals surface area (Å²) in [6.45, 7) is 0.803.